The van der Waals surface area contributed by atoms with Crippen molar-refractivity contribution in [3.8, 4) is 0 Å². The van der Waals surface area contributed by atoms with Crippen LogP contribution in [-0.4, -0.2) is 24.5 Å². The van der Waals surface area contributed by atoms with Crippen molar-refractivity contribution >= 4 is 60.5 Å². The molecule has 0 saturated carbocycles. The number of nitrogens with one attached hydrogen (secondary N) is 1. The van der Waals surface area contributed by atoms with E-state index in [1.165, 1.54) is 17.6 Å². The Labute approximate surface area is 131 Å². The highest BCUT2D eigenvalue weighted by Crippen LogP contribution is 2.26. The molecular weight excluding hydrogens is 392 g/mol. The molecule has 0 radical (unpaired) electrons. The van der Waals surface area contributed by atoms with E-state index in [2.05, 4.69) is 25.6 Å². The second-order valence-electron chi connectivity index (χ2n) is 3.56. The fourth-order valence-corrected chi connectivity index (χ4v) is 3.89. The molecule has 0 atom stereocenters. The largest absolute Gasteiger partial charge is 0.478 e. The molecule has 2 aromatic rings. The number of nitrogens with zero attached hydrogens (tertiary/aromatic N) is 1. The number of aromatic carboxylic acids is 1. The van der Waals surface area contributed by atoms with Crippen LogP contribution in [0.25, 0.3) is 0 Å². The minimum Gasteiger partial charge on any atom is -0.478 e. The first-order valence-corrected chi connectivity index (χ1v) is 8.48. The van der Waals surface area contributed by atoms with Gasteiger partial charge >= 0.3 is 5.97 Å². The number of carbonyl (C=O) groups is 1. The van der Waals surface area contributed by atoms with Gasteiger partial charge in [0.2, 0.25) is 0 Å². The van der Waals surface area contributed by atoms with Crippen LogP contribution in [0, 0.1) is 0 Å². The number of rotatable bonds is 4. The predicted octanol–water partition coefficient (Wildman–Crippen LogP) is 3.06. The van der Waals surface area contributed by atoms with Gasteiger partial charge in [0.1, 0.15) is 9.36 Å². The van der Waals surface area contributed by atoms with Crippen molar-refractivity contribution < 1.29 is 18.3 Å². The summed E-state index contributed by atoms with van der Waals surface area (Å²) in [6.07, 6.45) is 1.26. The first-order chi connectivity index (χ1) is 9.29. The summed E-state index contributed by atoms with van der Waals surface area (Å²) in [5, 5.41) is 10.2. The molecule has 0 aliphatic carbocycles. The molecule has 0 bridgehead atoms. The van der Waals surface area contributed by atoms with E-state index in [4.69, 9.17) is 16.7 Å². The molecule has 2 heterocycles. The van der Waals surface area contributed by atoms with Gasteiger partial charge in [-0.15, -0.1) is 11.3 Å². The molecule has 2 rings (SSSR count). The average Bonchev–Trinajstić information content (AvgIpc) is 2.84. The molecule has 2 N–H and O–H groups in total. The van der Waals surface area contributed by atoms with Crippen LogP contribution in [0.1, 0.15) is 10.4 Å². The quantitative estimate of drug-likeness (QED) is 0.773. The number of carboxylic acid groups (broad SMARTS) is 1. The standard InChI is InChI=1S/C10H6BrClN2O4S2/c11-7-2-6(3-13-9(7)12)14-20(17,18)8-1-5(4-19-8)10(15)16/h1-4,14H,(H,15,16). The van der Waals surface area contributed by atoms with Gasteiger partial charge in [-0.2, -0.15) is 0 Å². The van der Waals surface area contributed by atoms with Gasteiger partial charge in [-0.05, 0) is 28.1 Å². The number of anilines is 1. The maximum absolute atomic E-state index is 12.1. The monoisotopic (exact) mass is 396 g/mol. The highest BCUT2D eigenvalue weighted by Gasteiger charge is 2.19. The van der Waals surface area contributed by atoms with E-state index >= 15 is 0 Å². The smallest absolute Gasteiger partial charge is 0.336 e. The highest BCUT2D eigenvalue weighted by molar-refractivity contribution is 9.10. The Morgan fingerprint density at radius 3 is 2.70 bits per heavy atom. The summed E-state index contributed by atoms with van der Waals surface area (Å²) in [5.74, 6) is -1.18. The molecule has 0 spiro atoms. The van der Waals surface area contributed by atoms with E-state index in [9.17, 15) is 13.2 Å². The molecule has 0 saturated heterocycles. The lowest BCUT2D eigenvalue weighted by atomic mass is 10.4. The van der Waals surface area contributed by atoms with Gasteiger partial charge in [-0.1, -0.05) is 11.6 Å². The fraction of sp³-hybridized carbons (Fsp3) is 0. The van der Waals surface area contributed by atoms with Crippen LogP contribution in [0.5, 0.6) is 0 Å². The molecule has 0 fully saturated rings. The Kier molecular flexibility index (Phi) is 4.33. The van der Waals surface area contributed by atoms with Gasteiger partial charge in [-0.25, -0.2) is 18.2 Å². The summed E-state index contributed by atoms with van der Waals surface area (Å²) in [6, 6.07) is 2.55. The molecule has 0 aromatic carbocycles. The molecule has 6 nitrogen and oxygen atoms in total. The van der Waals surface area contributed by atoms with Crippen molar-refractivity contribution in [1.82, 2.24) is 4.98 Å². The Bertz CT molecular complexity index is 775. The van der Waals surface area contributed by atoms with Crippen LogP contribution in [0.4, 0.5) is 5.69 Å². The minimum absolute atomic E-state index is 0.0780. The molecule has 10 heteroatoms. The molecular formula is C10H6BrClN2O4S2. The zero-order valence-electron chi connectivity index (χ0n) is 9.50. The van der Waals surface area contributed by atoms with Gasteiger partial charge in [-0.3, -0.25) is 4.72 Å². The maximum atomic E-state index is 12.1. The number of carboxylic acids is 1. The topological polar surface area (TPSA) is 96.4 Å². The molecule has 20 heavy (non-hydrogen) atoms. The summed E-state index contributed by atoms with van der Waals surface area (Å²) < 4.78 is 26.8. The molecule has 0 unspecified atom stereocenters. The maximum Gasteiger partial charge on any atom is 0.336 e. The number of hydrogen-bond acceptors (Lipinski definition) is 5. The second kappa shape index (κ2) is 5.68. The van der Waals surface area contributed by atoms with Gasteiger partial charge < -0.3 is 5.11 Å². The van der Waals surface area contributed by atoms with Gasteiger partial charge in [0.15, 0.2) is 0 Å². The Morgan fingerprint density at radius 2 is 2.15 bits per heavy atom. The average molecular weight is 398 g/mol. The van der Waals surface area contributed by atoms with Crippen LogP contribution in [0.3, 0.4) is 0 Å². The van der Waals surface area contributed by atoms with Crippen LogP contribution in [-0.2, 0) is 10.0 Å². The van der Waals surface area contributed by atoms with Crippen molar-refractivity contribution in [2.45, 2.75) is 4.21 Å². The Morgan fingerprint density at radius 1 is 1.45 bits per heavy atom. The van der Waals surface area contributed by atoms with Crippen LogP contribution < -0.4 is 4.72 Å². The van der Waals surface area contributed by atoms with Gasteiger partial charge in [0, 0.05) is 5.38 Å². The van der Waals surface area contributed by atoms with Gasteiger partial charge in [0.05, 0.1) is 21.9 Å². The summed E-state index contributed by atoms with van der Waals surface area (Å²) in [5.41, 5.74) is 0.136. The summed E-state index contributed by atoms with van der Waals surface area (Å²) >= 11 is 9.66. The van der Waals surface area contributed by atoms with E-state index in [-0.39, 0.29) is 20.6 Å². The number of hydrogen-bond donors (Lipinski definition) is 2. The Hall–Kier alpha value is -1.16. The van der Waals surface area contributed by atoms with Crippen LogP contribution in [0.2, 0.25) is 5.15 Å². The van der Waals surface area contributed by atoms with E-state index in [0.29, 0.717) is 4.47 Å². The van der Waals surface area contributed by atoms with E-state index in [0.717, 1.165) is 17.4 Å². The minimum atomic E-state index is -3.85. The number of aromatic nitrogens is 1. The first-order valence-electron chi connectivity index (χ1n) is 4.95. The van der Waals surface area contributed by atoms with Crippen LogP contribution in [0.15, 0.2) is 32.4 Å². The fourth-order valence-electron chi connectivity index (χ4n) is 1.25. The van der Waals surface area contributed by atoms with Gasteiger partial charge in [0.25, 0.3) is 10.0 Å². The van der Waals surface area contributed by atoms with Crippen molar-refractivity contribution in [3.05, 3.63) is 38.9 Å². The summed E-state index contributed by atoms with van der Waals surface area (Å²) in [7, 11) is -3.85. The third kappa shape index (κ3) is 3.29. The SMILES string of the molecule is O=C(O)c1csc(S(=O)(=O)Nc2cnc(Cl)c(Br)c2)c1. The second-order valence-corrected chi connectivity index (χ2v) is 7.59. The van der Waals surface area contributed by atoms with E-state index < -0.39 is 16.0 Å². The Balaban J connectivity index is 2.30. The molecule has 106 valence electrons. The molecule has 2 aromatic heterocycles. The molecule has 0 amide bonds. The van der Waals surface area contributed by atoms with Crippen molar-refractivity contribution in [1.29, 1.82) is 0 Å². The number of sulfonamides is 1. The number of pyridine rings is 1. The lowest BCUT2D eigenvalue weighted by Crippen LogP contribution is -2.11. The molecule has 0 aliphatic heterocycles. The normalized spacial score (nSPS) is 11.3. The van der Waals surface area contributed by atoms with Crippen LogP contribution >= 0.6 is 38.9 Å². The first kappa shape index (κ1) is 15.2. The number of halogens is 2. The summed E-state index contributed by atoms with van der Waals surface area (Å²) in [4.78, 5) is 14.5. The zero-order chi connectivity index (χ0) is 14.9. The zero-order valence-corrected chi connectivity index (χ0v) is 13.5. The van der Waals surface area contributed by atoms with Crippen molar-refractivity contribution in [2.24, 2.45) is 0 Å². The third-order valence-electron chi connectivity index (χ3n) is 2.14. The molecule has 0 aliphatic rings. The van der Waals surface area contributed by atoms with Crippen molar-refractivity contribution in [2.75, 3.05) is 4.72 Å². The van der Waals surface area contributed by atoms with E-state index in [1.54, 1.807) is 0 Å². The van der Waals surface area contributed by atoms with E-state index in [1.807, 2.05) is 0 Å². The predicted molar refractivity (Wildman–Crippen MR) is 79.0 cm³/mol. The lowest BCUT2D eigenvalue weighted by Gasteiger charge is -2.06. The van der Waals surface area contributed by atoms with Crippen molar-refractivity contribution in [3.63, 3.8) is 0 Å². The third-order valence-corrected chi connectivity index (χ3v) is 6.09. The highest BCUT2D eigenvalue weighted by atomic mass is 79.9. The summed E-state index contributed by atoms with van der Waals surface area (Å²) in [6.45, 7) is 0. The number of thiophene rings is 1. The lowest BCUT2D eigenvalue weighted by molar-refractivity contribution is 0.0697.